The third-order valence-electron chi connectivity index (χ3n) is 3.12. The van der Waals surface area contributed by atoms with E-state index in [0.717, 1.165) is 23.2 Å². The molecule has 0 aliphatic carbocycles. The summed E-state index contributed by atoms with van der Waals surface area (Å²) in [6.07, 6.45) is 1.89. The summed E-state index contributed by atoms with van der Waals surface area (Å²) in [6.45, 7) is 0.645. The summed E-state index contributed by atoms with van der Waals surface area (Å²) in [5, 5.41) is 2.16. The predicted molar refractivity (Wildman–Crippen MR) is 89.7 cm³/mol. The zero-order chi connectivity index (χ0) is 14.3. The van der Waals surface area contributed by atoms with E-state index in [1.54, 1.807) is 0 Å². The number of alkyl halides is 1. The average molecular weight is 325 g/mol. The molecule has 0 amide bonds. The van der Waals surface area contributed by atoms with Crippen molar-refractivity contribution in [3.8, 4) is 0 Å². The molecule has 4 heteroatoms. The molecule has 0 radical (unpaired) electrons. The lowest BCUT2D eigenvalue weighted by Gasteiger charge is -2.25. The fourth-order valence-electron chi connectivity index (χ4n) is 2.05. The van der Waals surface area contributed by atoms with Gasteiger partial charge in [-0.1, -0.05) is 60.7 Å². The first-order valence-electron chi connectivity index (χ1n) is 6.77. The molecule has 0 fully saturated rings. The Morgan fingerprint density at radius 3 is 1.75 bits per heavy atom. The summed E-state index contributed by atoms with van der Waals surface area (Å²) in [6, 6.07) is 20.2. The molecule has 0 saturated carbocycles. The van der Waals surface area contributed by atoms with Crippen LogP contribution in [0.3, 0.4) is 0 Å². The normalized spacial score (nSPS) is 11.5. The van der Waals surface area contributed by atoms with Gasteiger partial charge in [0.15, 0.2) is 0 Å². The number of halogens is 2. The Labute approximate surface area is 131 Å². The highest BCUT2D eigenvalue weighted by atomic mass is 35.6. The minimum Gasteiger partial charge on any atom is -0.397 e. The van der Waals surface area contributed by atoms with Gasteiger partial charge in [0.1, 0.15) is 0 Å². The molecular weight excluding hydrogens is 307 g/mol. The molecule has 0 saturated heterocycles. The number of hydrogen-bond donors (Lipinski definition) is 0. The van der Waals surface area contributed by atoms with Crippen molar-refractivity contribution in [2.45, 2.75) is 12.8 Å². The van der Waals surface area contributed by atoms with Crippen molar-refractivity contribution in [2.75, 3.05) is 12.5 Å². The first-order chi connectivity index (χ1) is 9.77. The largest absolute Gasteiger partial charge is 0.397 e. The van der Waals surface area contributed by atoms with Crippen LogP contribution in [0.25, 0.3) is 0 Å². The molecule has 2 aromatic carbocycles. The fraction of sp³-hybridized carbons (Fsp3) is 0.250. The van der Waals surface area contributed by atoms with Gasteiger partial charge < -0.3 is 4.43 Å². The van der Waals surface area contributed by atoms with Gasteiger partial charge in [-0.25, -0.2) is 0 Å². The summed E-state index contributed by atoms with van der Waals surface area (Å²) in [7, 11) is -2.62. The van der Waals surface area contributed by atoms with E-state index in [1.165, 1.54) is 0 Å². The Balaban J connectivity index is 2.24. The molecule has 20 heavy (non-hydrogen) atoms. The summed E-state index contributed by atoms with van der Waals surface area (Å²) in [4.78, 5) is 0. The molecule has 0 N–H and O–H groups in total. The van der Waals surface area contributed by atoms with Crippen LogP contribution < -0.4 is 10.4 Å². The van der Waals surface area contributed by atoms with Crippen LogP contribution in [0, 0.1) is 0 Å². The summed E-state index contributed by atoms with van der Waals surface area (Å²) < 4.78 is 6.15. The van der Waals surface area contributed by atoms with Crippen molar-refractivity contribution in [1.82, 2.24) is 0 Å². The zero-order valence-corrected chi connectivity index (χ0v) is 13.8. The Bertz CT molecular complexity index is 465. The van der Waals surface area contributed by atoms with Crippen molar-refractivity contribution in [1.29, 1.82) is 0 Å². The van der Waals surface area contributed by atoms with Crippen molar-refractivity contribution in [3.05, 3.63) is 60.7 Å². The van der Waals surface area contributed by atoms with Crippen molar-refractivity contribution < 1.29 is 4.43 Å². The molecule has 0 unspecified atom stereocenters. The highest BCUT2D eigenvalue weighted by Crippen LogP contribution is 2.13. The number of rotatable bonds is 7. The van der Waals surface area contributed by atoms with Gasteiger partial charge in [0.25, 0.3) is 0 Å². The monoisotopic (exact) mass is 324 g/mol. The molecule has 0 atom stereocenters. The van der Waals surface area contributed by atoms with Crippen molar-refractivity contribution in [2.24, 2.45) is 0 Å². The first-order valence-corrected chi connectivity index (χ1v) is 10.2. The summed E-state index contributed by atoms with van der Waals surface area (Å²) >= 11 is 12.7. The molecular formula is C16H18Cl2OSi. The van der Waals surface area contributed by atoms with Crippen LogP contribution in [-0.4, -0.2) is 20.1 Å². The molecule has 0 aromatic heterocycles. The van der Waals surface area contributed by atoms with Crippen LogP contribution >= 0.6 is 22.7 Å². The van der Waals surface area contributed by atoms with E-state index >= 15 is 0 Å². The van der Waals surface area contributed by atoms with Crippen LogP contribution in [0.1, 0.15) is 12.8 Å². The van der Waals surface area contributed by atoms with Crippen LogP contribution in [0.5, 0.6) is 0 Å². The minimum absolute atomic E-state index is 0.645. The summed E-state index contributed by atoms with van der Waals surface area (Å²) in [5.74, 6) is 0.664. The molecule has 2 rings (SSSR count). The van der Waals surface area contributed by atoms with Gasteiger partial charge in [0, 0.05) is 12.5 Å². The van der Waals surface area contributed by atoms with Crippen LogP contribution in [0.15, 0.2) is 60.7 Å². The lowest BCUT2D eigenvalue weighted by atomic mass is 10.4. The second-order valence-electron chi connectivity index (χ2n) is 4.57. The Morgan fingerprint density at radius 1 is 0.800 bits per heavy atom. The van der Waals surface area contributed by atoms with Gasteiger partial charge in [0.05, 0.1) is 0 Å². The van der Waals surface area contributed by atoms with Gasteiger partial charge >= 0.3 is 7.63 Å². The van der Waals surface area contributed by atoms with Crippen molar-refractivity contribution >= 4 is 40.7 Å². The second-order valence-corrected chi connectivity index (χ2v) is 9.18. The average Bonchev–Trinajstić information content (AvgIpc) is 2.53. The van der Waals surface area contributed by atoms with Crippen LogP contribution in [0.2, 0.25) is 0 Å². The minimum atomic E-state index is -2.62. The first kappa shape index (κ1) is 15.6. The number of unbranched alkanes of at least 4 members (excludes halogenated alkanes) is 1. The summed E-state index contributed by atoms with van der Waals surface area (Å²) in [5.41, 5.74) is 0. The molecule has 0 bridgehead atoms. The third-order valence-corrected chi connectivity index (χ3v) is 7.78. The quantitative estimate of drug-likeness (QED) is 0.328. The fourth-order valence-corrected chi connectivity index (χ4v) is 5.56. The van der Waals surface area contributed by atoms with Crippen LogP contribution in [0.4, 0.5) is 0 Å². The van der Waals surface area contributed by atoms with Gasteiger partial charge in [-0.15, -0.1) is 22.7 Å². The van der Waals surface area contributed by atoms with E-state index in [1.807, 2.05) is 60.7 Å². The lowest BCUT2D eigenvalue weighted by Crippen LogP contribution is -2.56. The highest BCUT2D eigenvalue weighted by molar-refractivity contribution is 7.30. The Kier molecular flexibility index (Phi) is 6.11. The Morgan fingerprint density at radius 2 is 1.30 bits per heavy atom. The van der Waals surface area contributed by atoms with E-state index in [4.69, 9.17) is 27.1 Å². The number of hydrogen-bond acceptors (Lipinski definition) is 1. The molecule has 1 nitrogen and oxygen atoms in total. The standard InChI is InChI=1S/C16H18Cl2OSi/c17-13-7-8-14-19-20(18,15-9-3-1-4-10-15)16-11-5-2-6-12-16/h1-6,9-12H,7-8,13-14H2. The van der Waals surface area contributed by atoms with Gasteiger partial charge in [-0.2, -0.15) is 0 Å². The lowest BCUT2D eigenvalue weighted by molar-refractivity contribution is 0.319. The topological polar surface area (TPSA) is 9.23 Å². The molecule has 0 spiro atoms. The SMILES string of the molecule is ClCCCCO[Si](Cl)(c1ccccc1)c1ccccc1. The zero-order valence-electron chi connectivity index (χ0n) is 11.3. The maximum Gasteiger partial charge on any atom is 0.355 e. The predicted octanol–water partition coefficient (Wildman–Crippen LogP) is 3.52. The molecule has 2 aromatic rings. The van der Waals surface area contributed by atoms with Crippen LogP contribution in [-0.2, 0) is 4.43 Å². The molecule has 0 aliphatic rings. The third kappa shape index (κ3) is 3.86. The van der Waals surface area contributed by atoms with E-state index in [9.17, 15) is 0 Å². The smallest absolute Gasteiger partial charge is 0.355 e. The second kappa shape index (κ2) is 7.84. The molecule has 0 heterocycles. The molecule has 0 aliphatic heterocycles. The van der Waals surface area contributed by atoms with Gasteiger partial charge in [-0.3, -0.25) is 0 Å². The maximum atomic E-state index is 6.95. The number of benzene rings is 2. The van der Waals surface area contributed by atoms with E-state index < -0.39 is 7.63 Å². The Hall–Kier alpha value is -0.803. The highest BCUT2D eigenvalue weighted by Gasteiger charge is 2.37. The van der Waals surface area contributed by atoms with Gasteiger partial charge in [0.2, 0.25) is 0 Å². The maximum absolute atomic E-state index is 6.95. The van der Waals surface area contributed by atoms with E-state index in [0.29, 0.717) is 12.5 Å². The molecule has 106 valence electrons. The van der Waals surface area contributed by atoms with E-state index in [-0.39, 0.29) is 0 Å². The van der Waals surface area contributed by atoms with Gasteiger partial charge in [-0.05, 0) is 23.2 Å². The van der Waals surface area contributed by atoms with E-state index in [2.05, 4.69) is 0 Å². The van der Waals surface area contributed by atoms with Crippen molar-refractivity contribution in [3.63, 3.8) is 0 Å².